The third kappa shape index (κ3) is 4.97. The maximum atomic E-state index is 6.10. The Morgan fingerprint density at radius 2 is 1.95 bits per heavy atom. The third-order valence-electron chi connectivity index (χ3n) is 3.66. The maximum Gasteiger partial charge on any atom is 0.137 e. The molecule has 1 N–H and O–H groups in total. The summed E-state index contributed by atoms with van der Waals surface area (Å²) in [6, 6.07) is 6.38. The van der Waals surface area contributed by atoms with Crippen LogP contribution in [0.15, 0.2) is 18.2 Å². The van der Waals surface area contributed by atoms with Gasteiger partial charge in [-0.15, -0.1) is 0 Å². The van der Waals surface area contributed by atoms with Crippen molar-refractivity contribution in [2.75, 3.05) is 33.3 Å². The molecule has 3 nitrogen and oxygen atoms in total. The molecule has 1 rings (SSSR count). The van der Waals surface area contributed by atoms with Crippen molar-refractivity contribution in [2.45, 2.75) is 33.2 Å². The summed E-state index contributed by atoms with van der Waals surface area (Å²) in [7, 11) is 1.66. The van der Waals surface area contributed by atoms with Gasteiger partial charge in [-0.05, 0) is 50.3 Å². The second-order valence-corrected chi connectivity index (χ2v) is 5.23. The Bertz CT molecular complexity index is 394. The Labute approximate surface area is 128 Å². The van der Waals surface area contributed by atoms with Gasteiger partial charge in [0.15, 0.2) is 0 Å². The fraction of sp³-hybridized carbons (Fsp3) is 0.625. The van der Waals surface area contributed by atoms with E-state index in [1.54, 1.807) is 7.11 Å². The third-order valence-corrected chi connectivity index (χ3v) is 3.97. The molecule has 0 radical (unpaired) electrons. The van der Waals surface area contributed by atoms with Crippen LogP contribution in [0.2, 0.25) is 5.02 Å². The van der Waals surface area contributed by atoms with Crippen LogP contribution in [0.3, 0.4) is 0 Å². The largest absolute Gasteiger partial charge is 0.495 e. The molecule has 20 heavy (non-hydrogen) atoms. The summed E-state index contributed by atoms with van der Waals surface area (Å²) < 4.78 is 5.31. The van der Waals surface area contributed by atoms with Crippen molar-refractivity contribution in [3.63, 3.8) is 0 Å². The highest BCUT2D eigenvalue weighted by molar-refractivity contribution is 6.32. The zero-order valence-electron chi connectivity index (χ0n) is 13.1. The van der Waals surface area contributed by atoms with E-state index in [2.05, 4.69) is 37.1 Å². The molecule has 1 unspecified atom stereocenters. The summed E-state index contributed by atoms with van der Waals surface area (Å²) in [5.41, 5.74) is 1.24. The minimum Gasteiger partial charge on any atom is -0.495 e. The molecule has 0 aliphatic heterocycles. The van der Waals surface area contributed by atoms with Gasteiger partial charge in [0.1, 0.15) is 5.75 Å². The number of nitrogens with zero attached hydrogens (tertiary/aromatic N) is 1. The van der Waals surface area contributed by atoms with E-state index in [0.29, 0.717) is 11.1 Å². The van der Waals surface area contributed by atoms with Crippen molar-refractivity contribution in [1.82, 2.24) is 10.2 Å². The van der Waals surface area contributed by atoms with Gasteiger partial charge in [-0.2, -0.15) is 0 Å². The first-order chi connectivity index (χ1) is 9.65. The molecule has 0 amide bonds. The molecule has 0 heterocycles. The summed E-state index contributed by atoms with van der Waals surface area (Å²) in [5.74, 6) is 0.745. The van der Waals surface area contributed by atoms with Gasteiger partial charge in [0, 0.05) is 6.04 Å². The molecule has 114 valence electrons. The van der Waals surface area contributed by atoms with Crippen molar-refractivity contribution in [3.05, 3.63) is 28.8 Å². The summed E-state index contributed by atoms with van der Waals surface area (Å²) >= 11 is 6.10. The minimum absolute atomic E-state index is 0.340. The average Bonchev–Trinajstić information content (AvgIpc) is 2.47. The topological polar surface area (TPSA) is 24.5 Å². The number of hydrogen-bond donors (Lipinski definition) is 1. The number of halogens is 1. The van der Waals surface area contributed by atoms with Crippen molar-refractivity contribution in [3.8, 4) is 5.75 Å². The van der Waals surface area contributed by atoms with Gasteiger partial charge in [-0.25, -0.2) is 0 Å². The second-order valence-electron chi connectivity index (χ2n) is 4.82. The fourth-order valence-corrected chi connectivity index (χ4v) is 2.57. The summed E-state index contributed by atoms with van der Waals surface area (Å²) in [6.45, 7) is 10.8. The van der Waals surface area contributed by atoms with Gasteiger partial charge < -0.3 is 15.0 Å². The van der Waals surface area contributed by atoms with Crippen LogP contribution in [0, 0.1) is 0 Å². The van der Waals surface area contributed by atoms with Crippen molar-refractivity contribution < 1.29 is 4.74 Å². The van der Waals surface area contributed by atoms with Crippen molar-refractivity contribution in [1.29, 1.82) is 0 Å². The van der Waals surface area contributed by atoms with Crippen LogP contribution in [-0.4, -0.2) is 38.2 Å². The molecule has 1 aromatic rings. The minimum atomic E-state index is 0.340. The first-order valence-corrected chi connectivity index (χ1v) is 7.83. The number of benzene rings is 1. The zero-order chi connectivity index (χ0) is 15.0. The quantitative estimate of drug-likeness (QED) is 0.752. The predicted molar refractivity (Wildman–Crippen MR) is 86.8 cm³/mol. The monoisotopic (exact) mass is 298 g/mol. The predicted octanol–water partition coefficient (Wildman–Crippen LogP) is 3.73. The summed E-state index contributed by atoms with van der Waals surface area (Å²) in [6.07, 6.45) is 1.08. The van der Waals surface area contributed by atoms with Crippen LogP contribution in [0.1, 0.15) is 38.8 Å². The lowest BCUT2D eigenvalue weighted by Crippen LogP contribution is -2.29. The molecule has 0 saturated heterocycles. The van der Waals surface area contributed by atoms with Crippen LogP contribution in [0.5, 0.6) is 5.75 Å². The molecule has 0 aliphatic rings. The standard InChI is InChI=1S/C16H27ClN2O/c1-5-18-15(10-11-19(6-2)7-3)13-8-9-14(17)16(12-13)20-4/h8-9,12,15,18H,5-7,10-11H2,1-4H3. The van der Waals surface area contributed by atoms with Crippen LogP contribution in [-0.2, 0) is 0 Å². The molecule has 0 spiro atoms. The van der Waals surface area contributed by atoms with E-state index in [1.807, 2.05) is 12.1 Å². The van der Waals surface area contributed by atoms with E-state index in [9.17, 15) is 0 Å². The Morgan fingerprint density at radius 3 is 2.50 bits per heavy atom. The lowest BCUT2D eigenvalue weighted by Gasteiger charge is -2.24. The fourth-order valence-electron chi connectivity index (χ4n) is 2.38. The normalized spacial score (nSPS) is 12.7. The van der Waals surface area contributed by atoms with Gasteiger partial charge in [0.2, 0.25) is 0 Å². The van der Waals surface area contributed by atoms with E-state index in [4.69, 9.17) is 16.3 Å². The van der Waals surface area contributed by atoms with E-state index in [0.717, 1.165) is 38.3 Å². The van der Waals surface area contributed by atoms with Gasteiger partial charge in [-0.1, -0.05) is 38.4 Å². The molecule has 1 aromatic carbocycles. The first-order valence-electron chi connectivity index (χ1n) is 7.45. The number of methoxy groups -OCH3 is 1. The lowest BCUT2D eigenvalue weighted by atomic mass is 10.0. The van der Waals surface area contributed by atoms with Crippen molar-refractivity contribution in [2.24, 2.45) is 0 Å². The van der Waals surface area contributed by atoms with Crippen LogP contribution in [0.4, 0.5) is 0 Å². The second kappa shape index (κ2) is 9.22. The van der Waals surface area contributed by atoms with Gasteiger partial charge in [-0.3, -0.25) is 0 Å². The van der Waals surface area contributed by atoms with E-state index < -0.39 is 0 Å². The Morgan fingerprint density at radius 1 is 1.25 bits per heavy atom. The SMILES string of the molecule is CCNC(CCN(CC)CC)c1ccc(Cl)c(OC)c1. The molecule has 4 heteroatoms. The van der Waals surface area contributed by atoms with Crippen LogP contribution in [0.25, 0.3) is 0 Å². The lowest BCUT2D eigenvalue weighted by molar-refractivity contribution is 0.282. The Kier molecular flexibility index (Phi) is 7.97. The number of nitrogens with one attached hydrogen (secondary N) is 1. The van der Waals surface area contributed by atoms with Crippen LogP contribution >= 0.6 is 11.6 Å². The van der Waals surface area contributed by atoms with E-state index in [-0.39, 0.29) is 0 Å². The van der Waals surface area contributed by atoms with Crippen molar-refractivity contribution >= 4 is 11.6 Å². The zero-order valence-corrected chi connectivity index (χ0v) is 13.8. The van der Waals surface area contributed by atoms with Gasteiger partial charge in [0.05, 0.1) is 12.1 Å². The molecule has 1 atom stereocenters. The average molecular weight is 299 g/mol. The summed E-state index contributed by atoms with van der Waals surface area (Å²) in [5, 5.41) is 4.21. The smallest absolute Gasteiger partial charge is 0.137 e. The maximum absolute atomic E-state index is 6.10. The Balaban J connectivity index is 2.79. The van der Waals surface area contributed by atoms with E-state index in [1.165, 1.54) is 5.56 Å². The molecule has 0 saturated carbocycles. The molecule has 0 fully saturated rings. The van der Waals surface area contributed by atoms with Gasteiger partial charge in [0.25, 0.3) is 0 Å². The summed E-state index contributed by atoms with van der Waals surface area (Å²) in [4.78, 5) is 2.44. The molecule has 0 bridgehead atoms. The number of ether oxygens (including phenoxy) is 1. The highest BCUT2D eigenvalue weighted by Crippen LogP contribution is 2.29. The molecule has 0 aromatic heterocycles. The molecular formula is C16H27ClN2O. The highest BCUT2D eigenvalue weighted by Gasteiger charge is 2.13. The number of hydrogen-bond acceptors (Lipinski definition) is 3. The van der Waals surface area contributed by atoms with Crippen LogP contribution < -0.4 is 10.1 Å². The van der Waals surface area contributed by atoms with Gasteiger partial charge >= 0.3 is 0 Å². The first kappa shape index (κ1) is 17.3. The highest BCUT2D eigenvalue weighted by atomic mass is 35.5. The number of rotatable bonds is 9. The molecule has 0 aliphatic carbocycles. The molecular weight excluding hydrogens is 272 g/mol. The Hall–Kier alpha value is -0.770. The van der Waals surface area contributed by atoms with E-state index >= 15 is 0 Å².